The fourth-order valence-corrected chi connectivity index (χ4v) is 6.05. The smallest absolute Gasteiger partial charge is 0.376 e. The van der Waals surface area contributed by atoms with Crippen molar-refractivity contribution in [3.05, 3.63) is 0 Å². The quantitative estimate of drug-likeness (QED) is 0.744. The lowest BCUT2D eigenvalue weighted by Crippen LogP contribution is -2.72. The van der Waals surface area contributed by atoms with E-state index in [1.807, 2.05) is 0 Å². The molecule has 0 radical (unpaired) electrons. The van der Waals surface area contributed by atoms with Gasteiger partial charge in [0.15, 0.2) is 0 Å². The van der Waals surface area contributed by atoms with Gasteiger partial charge in [-0.25, -0.2) is 0 Å². The minimum Gasteiger partial charge on any atom is -0.376 e. The molecule has 1 atom stereocenters. The summed E-state index contributed by atoms with van der Waals surface area (Å²) >= 11 is 0. The molecule has 1 aliphatic rings. The molecule has 2 N–H and O–H groups in total. The largest absolute Gasteiger partial charge is 0.521 e. The zero-order valence-electron chi connectivity index (χ0n) is 11.6. The Balaban J connectivity index is 2.98. The van der Waals surface area contributed by atoms with Gasteiger partial charge in [0.25, 0.3) is 0 Å². The Hall–Kier alpha value is 0.0569. The van der Waals surface area contributed by atoms with Gasteiger partial charge in [0.05, 0.1) is 5.16 Å². The lowest BCUT2D eigenvalue weighted by Gasteiger charge is -2.46. The summed E-state index contributed by atoms with van der Waals surface area (Å²) in [5.41, 5.74) is 6.67. The van der Waals surface area contributed by atoms with Crippen LogP contribution in [0.5, 0.6) is 0 Å². The summed E-state index contributed by atoms with van der Waals surface area (Å²) in [4.78, 5) is 0. The molecule has 0 saturated heterocycles. The molecule has 1 fully saturated rings. The monoisotopic (exact) mass is 261 g/mol. The minimum atomic E-state index is -2.78. The maximum absolute atomic E-state index is 6.67. The molecule has 1 saturated carbocycles. The van der Waals surface area contributed by atoms with E-state index in [1.165, 1.54) is 19.3 Å². The van der Waals surface area contributed by atoms with Crippen LogP contribution in [0.1, 0.15) is 45.4 Å². The van der Waals surface area contributed by atoms with Crippen LogP contribution < -0.4 is 5.73 Å². The number of nitrogens with two attached hydrogens (primary N) is 1. The zero-order valence-corrected chi connectivity index (χ0v) is 12.6. The van der Waals surface area contributed by atoms with Gasteiger partial charge < -0.3 is 19.0 Å². The molecule has 102 valence electrons. The summed E-state index contributed by atoms with van der Waals surface area (Å²) in [6.07, 6.45) is 6.98. The average Bonchev–Trinajstić information content (AvgIpc) is 2.42. The van der Waals surface area contributed by atoms with E-state index in [0.717, 1.165) is 19.3 Å². The summed E-state index contributed by atoms with van der Waals surface area (Å²) in [6.45, 7) is 2.10. The third-order valence-electron chi connectivity index (χ3n) is 4.29. The van der Waals surface area contributed by atoms with E-state index in [2.05, 4.69) is 6.92 Å². The highest BCUT2D eigenvalue weighted by Gasteiger charge is 2.60. The highest BCUT2D eigenvalue weighted by molar-refractivity contribution is 6.64. The van der Waals surface area contributed by atoms with Crippen LogP contribution in [0, 0.1) is 5.92 Å². The number of rotatable bonds is 6. The van der Waals surface area contributed by atoms with Crippen LogP contribution >= 0.6 is 0 Å². The van der Waals surface area contributed by atoms with Gasteiger partial charge in [-0.1, -0.05) is 26.2 Å². The molecule has 17 heavy (non-hydrogen) atoms. The Kier molecular flexibility index (Phi) is 5.59. The summed E-state index contributed by atoms with van der Waals surface area (Å²) in [7, 11) is 2.18. The number of hydrogen-bond acceptors (Lipinski definition) is 4. The second-order valence-corrected chi connectivity index (χ2v) is 8.17. The lowest BCUT2D eigenvalue weighted by molar-refractivity contribution is 0.0649. The van der Waals surface area contributed by atoms with Crippen LogP contribution in [0.4, 0.5) is 0 Å². The first-order chi connectivity index (χ1) is 8.10. The molecule has 0 bridgehead atoms. The van der Waals surface area contributed by atoms with E-state index >= 15 is 0 Å². The van der Waals surface area contributed by atoms with Gasteiger partial charge in [0.1, 0.15) is 0 Å². The Morgan fingerprint density at radius 3 is 1.88 bits per heavy atom. The molecule has 1 unspecified atom stereocenters. The van der Waals surface area contributed by atoms with Crippen LogP contribution in [0.15, 0.2) is 0 Å². The van der Waals surface area contributed by atoms with Gasteiger partial charge in [-0.2, -0.15) is 0 Å². The molecule has 0 aromatic heterocycles. The van der Waals surface area contributed by atoms with Crippen molar-refractivity contribution in [2.75, 3.05) is 21.3 Å². The summed E-state index contributed by atoms with van der Waals surface area (Å²) in [5.74, 6) is 0.452. The van der Waals surface area contributed by atoms with E-state index in [1.54, 1.807) is 21.3 Å². The molecule has 0 amide bonds. The first-order valence-corrected chi connectivity index (χ1v) is 8.27. The van der Waals surface area contributed by atoms with Crippen molar-refractivity contribution in [3.8, 4) is 0 Å². The van der Waals surface area contributed by atoms with Gasteiger partial charge in [0, 0.05) is 21.3 Å². The molecule has 0 aromatic rings. The van der Waals surface area contributed by atoms with Crippen LogP contribution in [0.3, 0.4) is 0 Å². The Morgan fingerprint density at radius 1 is 1.06 bits per heavy atom. The van der Waals surface area contributed by atoms with Crippen molar-refractivity contribution in [3.63, 3.8) is 0 Å². The van der Waals surface area contributed by atoms with Gasteiger partial charge in [-0.15, -0.1) is 0 Å². The van der Waals surface area contributed by atoms with Crippen LogP contribution in [0.25, 0.3) is 0 Å². The van der Waals surface area contributed by atoms with Crippen molar-refractivity contribution in [1.82, 2.24) is 0 Å². The Labute approximate surface area is 106 Å². The van der Waals surface area contributed by atoms with E-state index in [4.69, 9.17) is 19.0 Å². The molecule has 0 aliphatic heterocycles. The maximum atomic E-state index is 6.67. The van der Waals surface area contributed by atoms with Gasteiger partial charge in [0.2, 0.25) is 0 Å². The molecule has 1 rings (SSSR count). The van der Waals surface area contributed by atoms with Crippen LogP contribution in [-0.2, 0) is 13.3 Å². The average molecular weight is 261 g/mol. The minimum absolute atomic E-state index is 0.452. The molecule has 1 aliphatic carbocycles. The van der Waals surface area contributed by atoms with Gasteiger partial charge >= 0.3 is 8.80 Å². The summed E-state index contributed by atoms with van der Waals surface area (Å²) in [6, 6.07) is 0. The molecule has 0 spiro atoms. The second-order valence-electron chi connectivity index (χ2n) is 4.90. The first-order valence-electron chi connectivity index (χ1n) is 6.54. The van der Waals surface area contributed by atoms with E-state index in [0.29, 0.717) is 5.92 Å². The van der Waals surface area contributed by atoms with E-state index < -0.39 is 14.0 Å². The third kappa shape index (κ3) is 2.58. The maximum Gasteiger partial charge on any atom is 0.521 e. The van der Waals surface area contributed by atoms with Gasteiger partial charge in [-0.05, 0) is 25.2 Å². The first kappa shape index (κ1) is 15.1. The SMILES string of the molecule is CCC(N)(C1CCCCC1)[Si](OC)(OC)OC. The second kappa shape index (κ2) is 6.29. The van der Waals surface area contributed by atoms with Crippen molar-refractivity contribution < 1.29 is 13.3 Å². The standard InChI is InChI=1S/C12H27NO3Si/c1-5-12(13,11-9-7-6-8-10-11)17(14-2,15-3)16-4/h11H,5-10,13H2,1-4H3. The normalized spacial score (nSPS) is 22.4. The van der Waals surface area contributed by atoms with Crippen molar-refractivity contribution >= 4 is 8.80 Å². The van der Waals surface area contributed by atoms with Crippen LogP contribution in [0.2, 0.25) is 0 Å². The number of hydrogen-bond donors (Lipinski definition) is 1. The van der Waals surface area contributed by atoms with Crippen molar-refractivity contribution in [2.45, 2.75) is 50.6 Å². The molecular formula is C12H27NO3Si. The summed E-state index contributed by atoms with van der Waals surface area (Å²) in [5, 5.41) is -0.453. The predicted octanol–water partition coefficient (Wildman–Crippen LogP) is 2.09. The highest BCUT2D eigenvalue weighted by Crippen LogP contribution is 2.39. The Morgan fingerprint density at radius 2 is 1.53 bits per heavy atom. The lowest BCUT2D eigenvalue weighted by atomic mass is 9.82. The summed E-state index contributed by atoms with van der Waals surface area (Å²) < 4.78 is 16.8. The predicted molar refractivity (Wildman–Crippen MR) is 70.6 cm³/mol. The van der Waals surface area contributed by atoms with Crippen molar-refractivity contribution in [1.29, 1.82) is 0 Å². The topological polar surface area (TPSA) is 53.7 Å². The van der Waals surface area contributed by atoms with E-state index in [9.17, 15) is 0 Å². The molecule has 4 nitrogen and oxygen atoms in total. The van der Waals surface area contributed by atoms with E-state index in [-0.39, 0.29) is 0 Å². The molecule has 5 heteroatoms. The molecule has 0 heterocycles. The Bertz CT molecular complexity index is 222. The third-order valence-corrected chi connectivity index (χ3v) is 7.81. The zero-order chi connectivity index (χ0) is 12.9. The fourth-order valence-electron chi connectivity index (χ4n) is 3.19. The van der Waals surface area contributed by atoms with Crippen molar-refractivity contribution in [2.24, 2.45) is 11.7 Å². The molecule has 0 aromatic carbocycles. The molecular weight excluding hydrogens is 234 g/mol. The van der Waals surface area contributed by atoms with Crippen LogP contribution in [-0.4, -0.2) is 35.3 Å². The highest BCUT2D eigenvalue weighted by atomic mass is 28.4. The fraction of sp³-hybridized carbons (Fsp3) is 1.00. The van der Waals surface area contributed by atoms with Gasteiger partial charge in [-0.3, -0.25) is 0 Å².